The third kappa shape index (κ3) is 21.9. The number of imide groups is 1. The maximum absolute atomic E-state index is 14.4. The highest BCUT2D eigenvalue weighted by molar-refractivity contribution is 7.54. The van der Waals surface area contributed by atoms with Crippen LogP contribution in [0, 0.1) is 0 Å². The molecule has 1 aliphatic heterocycles. The molecule has 0 aromatic carbocycles. The van der Waals surface area contributed by atoms with Gasteiger partial charge >= 0.3 is 13.6 Å². The Morgan fingerprint density at radius 3 is 1.67 bits per heavy atom. The van der Waals surface area contributed by atoms with Gasteiger partial charge in [-0.25, -0.2) is 9.18 Å². The molecule has 11 nitrogen and oxygen atoms in total. The Morgan fingerprint density at radius 1 is 0.712 bits per heavy atom. The molecule has 52 heavy (non-hydrogen) atoms. The SMILES string of the molecule is CCOP(=O)(OCC)C(F)CCCCCCCCCCCCCCCC(=O)NC(CCC(=O)CCCCCN1C(=O)C=CC1=O)C(=O)OC(C)(C)C. The summed E-state index contributed by atoms with van der Waals surface area (Å²) in [5.41, 5.74) is -0.720. The van der Waals surface area contributed by atoms with Crippen molar-refractivity contribution >= 4 is 37.1 Å². The van der Waals surface area contributed by atoms with E-state index < -0.39 is 31.1 Å². The summed E-state index contributed by atoms with van der Waals surface area (Å²) < 4.78 is 42.5. The Bertz CT molecular complexity index is 1130. The second-order valence-electron chi connectivity index (χ2n) is 14.6. The summed E-state index contributed by atoms with van der Waals surface area (Å²) in [4.78, 5) is 62.5. The van der Waals surface area contributed by atoms with E-state index in [1.807, 2.05) is 0 Å². The van der Waals surface area contributed by atoms with Gasteiger partial charge in [0.05, 0.1) is 13.2 Å². The molecule has 0 bridgehead atoms. The van der Waals surface area contributed by atoms with Crippen LogP contribution in [-0.2, 0) is 42.3 Å². The van der Waals surface area contributed by atoms with Crippen LogP contribution in [0.4, 0.5) is 4.39 Å². The Morgan fingerprint density at radius 2 is 1.17 bits per heavy atom. The molecule has 0 aromatic heterocycles. The van der Waals surface area contributed by atoms with Crippen molar-refractivity contribution in [1.82, 2.24) is 10.2 Å². The van der Waals surface area contributed by atoms with E-state index in [1.165, 1.54) is 36.3 Å². The number of nitrogens with zero attached hydrogens (tertiary/aromatic N) is 1. The van der Waals surface area contributed by atoms with E-state index in [0.717, 1.165) is 57.8 Å². The first-order chi connectivity index (χ1) is 24.7. The third-order valence-electron chi connectivity index (χ3n) is 8.78. The summed E-state index contributed by atoms with van der Waals surface area (Å²) in [5, 5.41) is 2.80. The van der Waals surface area contributed by atoms with Crippen molar-refractivity contribution in [2.24, 2.45) is 0 Å². The van der Waals surface area contributed by atoms with Crippen molar-refractivity contribution < 1.29 is 46.7 Å². The molecular formula is C39H68FN2O9P. The van der Waals surface area contributed by atoms with Crippen LogP contribution in [-0.4, -0.2) is 71.7 Å². The first kappa shape index (κ1) is 47.6. The average Bonchev–Trinajstić information content (AvgIpc) is 3.39. The van der Waals surface area contributed by atoms with E-state index in [-0.39, 0.29) is 56.0 Å². The Labute approximate surface area is 312 Å². The molecule has 1 N–H and O–H groups in total. The average molecular weight is 759 g/mol. The molecule has 0 aliphatic carbocycles. The fraction of sp³-hybridized carbons (Fsp3) is 0.821. The van der Waals surface area contributed by atoms with E-state index in [9.17, 15) is 32.9 Å². The summed E-state index contributed by atoms with van der Waals surface area (Å²) in [6, 6.07) is -0.885. The summed E-state index contributed by atoms with van der Waals surface area (Å²) in [7, 11) is -3.65. The van der Waals surface area contributed by atoms with Crippen LogP contribution in [0.5, 0.6) is 0 Å². The van der Waals surface area contributed by atoms with Gasteiger partial charge in [0, 0.05) is 38.0 Å². The van der Waals surface area contributed by atoms with Gasteiger partial charge < -0.3 is 19.1 Å². The monoisotopic (exact) mass is 758 g/mol. The quantitative estimate of drug-likeness (QED) is 0.0307. The highest BCUT2D eigenvalue weighted by atomic mass is 31.2. The van der Waals surface area contributed by atoms with Gasteiger partial charge in [-0.05, 0) is 73.1 Å². The molecule has 0 radical (unpaired) electrons. The van der Waals surface area contributed by atoms with Crippen molar-refractivity contribution in [3.05, 3.63) is 12.2 Å². The molecule has 0 spiro atoms. The van der Waals surface area contributed by atoms with Crippen molar-refractivity contribution in [2.45, 2.75) is 187 Å². The van der Waals surface area contributed by atoms with Gasteiger partial charge in [-0.2, -0.15) is 0 Å². The second-order valence-corrected chi connectivity index (χ2v) is 16.8. The topological polar surface area (TPSA) is 145 Å². The molecule has 300 valence electrons. The number of amides is 3. The molecule has 2 atom stereocenters. The molecular weight excluding hydrogens is 690 g/mol. The summed E-state index contributed by atoms with van der Waals surface area (Å²) in [5.74, 6) is -2.94. The number of rotatable bonds is 32. The first-order valence-corrected chi connectivity index (χ1v) is 21.4. The maximum Gasteiger partial charge on any atom is 0.364 e. The molecule has 0 saturated heterocycles. The summed E-state index contributed by atoms with van der Waals surface area (Å²) in [6.45, 7) is 9.33. The number of hydrogen-bond acceptors (Lipinski definition) is 9. The first-order valence-electron chi connectivity index (χ1n) is 19.8. The summed E-state index contributed by atoms with van der Waals surface area (Å²) >= 11 is 0. The zero-order valence-electron chi connectivity index (χ0n) is 32.7. The molecule has 3 amide bonds. The predicted octanol–water partition coefficient (Wildman–Crippen LogP) is 9.06. The maximum atomic E-state index is 14.4. The van der Waals surface area contributed by atoms with E-state index in [1.54, 1.807) is 34.6 Å². The minimum atomic E-state index is -3.65. The normalized spacial score (nSPS) is 14.5. The van der Waals surface area contributed by atoms with Crippen LogP contribution in [0.2, 0.25) is 0 Å². The van der Waals surface area contributed by atoms with Crippen LogP contribution < -0.4 is 5.32 Å². The molecule has 2 unspecified atom stereocenters. The van der Waals surface area contributed by atoms with Gasteiger partial charge in [-0.3, -0.25) is 28.6 Å². The van der Waals surface area contributed by atoms with E-state index in [4.69, 9.17) is 13.8 Å². The fourth-order valence-corrected chi connectivity index (χ4v) is 7.62. The van der Waals surface area contributed by atoms with Gasteiger partial charge in [-0.1, -0.05) is 77.0 Å². The van der Waals surface area contributed by atoms with Gasteiger partial charge in [-0.15, -0.1) is 0 Å². The van der Waals surface area contributed by atoms with E-state index in [0.29, 0.717) is 45.1 Å². The van der Waals surface area contributed by atoms with Crippen molar-refractivity contribution in [1.29, 1.82) is 0 Å². The predicted molar refractivity (Wildman–Crippen MR) is 201 cm³/mol. The van der Waals surface area contributed by atoms with Crippen LogP contribution in [0.1, 0.15) is 169 Å². The number of ketones is 1. The number of ether oxygens (including phenoxy) is 1. The molecule has 1 rings (SSSR count). The number of hydrogen-bond donors (Lipinski definition) is 1. The van der Waals surface area contributed by atoms with Crippen LogP contribution in [0.25, 0.3) is 0 Å². The lowest BCUT2D eigenvalue weighted by Crippen LogP contribution is -2.44. The Kier molecular flexibility index (Phi) is 24.9. The molecule has 1 heterocycles. The highest BCUT2D eigenvalue weighted by Gasteiger charge is 2.35. The van der Waals surface area contributed by atoms with Gasteiger partial charge in [0.1, 0.15) is 17.4 Å². The minimum Gasteiger partial charge on any atom is -0.458 e. The highest BCUT2D eigenvalue weighted by Crippen LogP contribution is 2.55. The lowest BCUT2D eigenvalue weighted by Gasteiger charge is -2.24. The third-order valence-corrected chi connectivity index (χ3v) is 11.0. The van der Waals surface area contributed by atoms with Gasteiger partial charge in [0.2, 0.25) is 11.8 Å². The number of unbranched alkanes of at least 4 members (excludes halogenated alkanes) is 14. The number of nitrogens with one attached hydrogen (secondary N) is 1. The smallest absolute Gasteiger partial charge is 0.364 e. The zero-order valence-corrected chi connectivity index (χ0v) is 33.6. The number of carbonyl (C=O) groups excluding carboxylic acids is 5. The number of halogens is 1. The largest absolute Gasteiger partial charge is 0.458 e. The molecule has 0 saturated carbocycles. The standard InChI is InChI=1S/C39H68FN2O9P/c1-6-49-52(48,50-7-2)34(40)25-21-17-15-13-11-9-8-10-12-14-16-18-22-26-35(44)41-33(38(47)51-39(3,4)5)28-27-32(43)24-20-19-23-31-42-36(45)29-30-37(42)46/h29-30,33-34H,6-28,31H2,1-5H3,(H,41,44). The number of alkyl halides is 1. The van der Waals surface area contributed by atoms with Gasteiger partial charge in [0.15, 0.2) is 0 Å². The number of esters is 1. The second kappa shape index (κ2) is 27.2. The van der Waals surface area contributed by atoms with Gasteiger partial charge in [0.25, 0.3) is 11.8 Å². The lowest BCUT2D eigenvalue weighted by atomic mass is 10.0. The summed E-state index contributed by atoms with van der Waals surface area (Å²) in [6.07, 6.45) is 19.1. The van der Waals surface area contributed by atoms with E-state index >= 15 is 0 Å². The molecule has 0 aromatic rings. The van der Waals surface area contributed by atoms with Crippen LogP contribution in [0.3, 0.4) is 0 Å². The Balaban J connectivity index is 2.16. The lowest BCUT2D eigenvalue weighted by molar-refractivity contribution is -0.159. The number of Topliss-reactive ketones (excluding diaryl/α,β-unsaturated/α-hetero) is 1. The molecule has 1 aliphatic rings. The molecule has 13 heteroatoms. The van der Waals surface area contributed by atoms with E-state index in [2.05, 4.69) is 5.32 Å². The van der Waals surface area contributed by atoms with Crippen molar-refractivity contribution in [3.8, 4) is 0 Å². The molecule has 0 fully saturated rings. The van der Waals surface area contributed by atoms with Crippen molar-refractivity contribution in [3.63, 3.8) is 0 Å². The number of carbonyl (C=O) groups is 5. The van der Waals surface area contributed by atoms with Crippen molar-refractivity contribution in [2.75, 3.05) is 19.8 Å². The van der Waals surface area contributed by atoms with Crippen LogP contribution in [0.15, 0.2) is 12.2 Å². The Hall–Kier alpha value is -2.43. The fourth-order valence-electron chi connectivity index (χ4n) is 6.00. The zero-order chi connectivity index (χ0) is 38.8. The van der Waals surface area contributed by atoms with Crippen LogP contribution >= 0.6 is 7.60 Å². The minimum absolute atomic E-state index is 0.00674.